The van der Waals surface area contributed by atoms with Crippen LogP contribution >= 0.6 is 0 Å². The molecule has 0 fully saturated rings. The van der Waals surface area contributed by atoms with Gasteiger partial charge in [-0.1, -0.05) is 26.0 Å². The van der Waals surface area contributed by atoms with Crippen molar-refractivity contribution in [2.75, 3.05) is 5.73 Å². The van der Waals surface area contributed by atoms with Crippen LogP contribution in [0.15, 0.2) is 30.3 Å². The van der Waals surface area contributed by atoms with E-state index < -0.39 is 0 Å². The third kappa shape index (κ3) is 6.65. The summed E-state index contributed by atoms with van der Waals surface area (Å²) in [6.45, 7) is 6.42. The molecule has 1 aromatic carbocycles. The van der Waals surface area contributed by atoms with E-state index >= 15 is 0 Å². The number of nitrogens with one attached hydrogen (secondary N) is 1. The van der Waals surface area contributed by atoms with Crippen LogP contribution < -0.4 is 11.1 Å². The van der Waals surface area contributed by atoms with Crippen LogP contribution in [-0.2, 0) is 4.79 Å². The van der Waals surface area contributed by atoms with Crippen molar-refractivity contribution < 1.29 is 4.79 Å². The van der Waals surface area contributed by atoms with Crippen LogP contribution in [0, 0.1) is 5.92 Å². The van der Waals surface area contributed by atoms with Gasteiger partial charge in [-0.3, -0.25) is 4.79 Å². The number of hydrogen-bond donors (Lipinski definition) is 2. The van der Waals surface area contributed by atoms with Crippen molar-refractivity contribution in [2.24, 2.45) is 5.92 Å². The number of nitrogens with two attached hydrogens (primary N) is 1. The molecule has 3 heteroatoms. The topological polar surface area (TPSA) is 55.1 Å². The second-order valence-electron chi connectivity index (χ2n) is 5.38. The highest BCUT2D eigenvalue weighted by Crippen LogP contribution is 2.08. The van der Waals surface area contributed by atoms with E-state index in [0.29, 0.717) is 5.92 Å². The summed E-state index contributed by atoms with van der Waals surface area (Å²) in [6, 6.07) is 7.64. The van der Waals surface area contributed by atoms with E-state index in [1.807, 2.05) is 31.2 Å². The lowest BCUT2D eigenvalue weighted by molar-refractivity contribution is -0.117. The molecule has 104 valence electrons. The second-order valence-corrected chi connectivity index (χ2v) is 5.38. The molecule has 19 heavy (non-hydrogen) atoms. The monoisotopic (exact) mass is 260 g/mol. The number of benzene rings is 1. The molecule has 0 bridgehead atoms. The van der Waals surface area contributed by atoms with Crippen LogP contribution in [-0.4, -0.2) is 11.9 Å². The molecular formula is C16H24N2O. The number of carbonyl (C=O) groups is 1. The van der Waals surface area contributed by atoms with E-state index in [9.17, 15) is 4.79 Å². The highest BCUT2D eigenvalue weighted by Gasteiger charge is 2.05. The number of nitrogen functional groups attached to an aromatic ring is 1. The first-order chi connectivity index (χ1) is 8.97. The van der Waals surface area contributed by atoms with Crippen LogP contribution in [0.3, 0.4) is 0 Å². The lowest BCUT2D eigenvalue weighted by Gasteiger charge is -2.13. The first-order valence-corrected chi connectivity index (χ1v) is 6.81. The maximum atomic E-state index is 11.7. The predicted octanol–water partition coefficient (Wildman–Crippen LogP) is 3.22. The maximum Gasteiger partial charge on any atom is 0.244 e. The molecule has 0 heterocycles. The Hall–Kier alpha value is -1.77. The summed E-state index contributed by atoms with van der Waals surface area (Å²) in [5, 5.41) is 2.97. The van der Waals surface area contributed by atoms with Crippen molar-refractivity contribution in [3.63, 3.8) is 0 Å². The third-order valence-corrected chi connectivity index (χ3v) is 2.93. The van der Waals surface area contributed by atoms with E-state index in [1.165, 1.54) is 0 Å². The third-order valence-electron chi connectivity index (χ3n) is 2.93. The number of anilines is 1. The van der Waals surface area contributed by atoms with Gasteiger partial charge in [0.25, 0.3) is 0 Å². The number of amides is 1. The van der Waals surface area contributed by atoms with Crippen molar-refractivity contribution >= 4 is 17.7 Å². The lowest BCUT2D eigenvalue weighted by atomic mass is 10.0. The highest BCUT2D eigenvalue weighted by molar-refractivity contribution is 5.91. The molecule has 3 N–H and O–H groups in total. The summed E-state index contributed by atoms with van der Waals surface area (Å²) in [5.74, 6) is 0.623. The number of carbonyl (C=O) groups excluding carboxylic acids is 1. The van der Waals surface area contributed by atoms with Crippen molar-refractivity contribution in [1.82, 2.24) is 5.32 Å². The van der Waals surface area contributed by atoms with Crippen LogP contribution in [0.5, 0.6) is 0 Å². The minimum absolute atomic E-state index is 0.0481. The fraction of sp³-hybridized carbons (Fsp3) is 0.438. The molecule has 0 aliphatic rings. The molecule has 0 radical (unpaired) electrons. The zero-order valence-electron chi connectivity index (χ0n) is 12.0. The van der Waals surface area contributed by atoms with Gasteiger partial charge < -0.3 is 11.1 Å². The second kappa shape index (κ2) is 7.62. The van der Waals surface area contributed by atoms with E-state index in [4.69, 9.17) is 5.73 Å². The highest BCUT2D eigenvalue weighted by atomic mass is 16.1. The SMILES string of the molecule is CC(C)CCC(C)NC(=O)/C=C/c1ccc(N)cc1. The summed E-state index contributed by atoms with van der Waals surface area (Å²) in [5.41, 5.74) is 7.30. The van der Waals surface area contributed by atoms with Crippen LogP contribution in [0.25, 0.3) is 6.08 Å². The Morgan fingerprint density at radius 3 is 2.42 bits per heavy atom. The van der Waals surface area contributed by atoms with Gasteiger partial charge >= 0.3 is 0 Å². The Labute approximate surface area is 115 Å². The van der Waals surface area contributed by atoms with Gasteiger partial charge in [-0.05, 0) is 49.5 Å². The normalized spacial score (nSPS) is 12.8. The summed E-state index contributed by atoms with van der Waals surface area (Å²) in [6.07, 6.45) is 5.50. The van der Waals surface area contributed by atoms with Crippen LogP contribution in [0.1, 0.15) is 39.2 Å². The molecule has 0 saturated carbocycles. The van der Waals surface area contributed by atoms with E-state index in [2.05, 4.69) is 19.2 Å². The smallest absolute Gasteiger partial charge is 0.244 e. The van der Waals surface area contributed by atoms with Gasteiger partial charge in [-0.15, -0.1) is 0 Å². The largest absolute Gasteiger partial charge is 0.399 e. The summed E-state index contributed by atoms with van der Waals surface area (Å²) >= 11 is 0. The van der Waals surface area contributed by atoms with Crippen molar-refractivity contribution in [3.8, 4) is 0 Å². The van der Waals surface area contributed by atoms with Gasteiger partial charge in [0.1, 0.15) is 0 Å². The number of rotatable bonds is 6. The molecule has 1 atom stereocenters. The summed E-state index contributed by atoms with van der Waals surface area (Å²) < 4.78 is 0. The standard InChI is InChI=1S/C16H24N2O/c1-12(2)4-5-13(3)18-16(19)11-8-14-6-9-15(17)10-7-14/h6-13H,4-5,17H2,1-3H3,(H,18,19)/b11-8+. The quantitative estimate of drug-likeness (QED) is 0.609. The average Bonchev–Trinajstić information content (AvgIpc) is 2.36. The first kappa shape index (κ1) is 15.3. The molecule has 0 spiro atoms. The molecule has 3 nitrogen and oxygen atoms in total. The number of hydrogen-bond acceptors (Lipinski definition) is 2. The zero-order chi connectivity index (χ0) is 14.3. The Morgan fingerprint density at radius 2 is 1.84 bits per heavy atom. The Kier molecular flexibility index (Phi) is 6.13. The molecule has 1 amide bonds. The average molecular weight is 260 g/mol. The van der Waals surface area contributed by atoms with Crippen molar-refractivity contribution in [1.29, 1.82) is 0 Å². The van der Waals surface area contributed by atoms with Crippen LogP contribution in [0.4, 0.5) is 5.69 Å². The molecule has 0 aromatic heterocycles. The van der Waals surface area contributed by atoms with Gasteiger partial charge in [0.05, 0.1) is 0 Å². The fourth-order valence-electron chi connectivity index (χ4n) is 1.73. The van der Waals surface area contributed by atoms with Gasteiger partial charge in [0, 0.05) is 17.8 Å². The molecule has 1 rings (SSSR count). The Morgan fingerprint density at radius 1 is 1.21 bits per heavy atom. The van der Waals surface area contributed by atoms with Crippen molar-refractivity contribution in [2.45, 2.75) is 39.7 Å². The molecule has 0 saturated heterocycles. The molecule has 0 aliphatic heterocycles. The maximum absolute atomic E-state index is 11.7. The van der Waals surface area contributed by atoms with E-state index in [0.717, 1.165) is 24.1 Å². The van der Waals surface area contributed by atoms with Gasteiger partial charge in [-0.2, -0.15) is 0 Å². The van der Waals surface area contributed by atoms with Gasteiger partial charge in [0.15, 0.2) is 0 Å². The Bertz CT molecular complexity index is 421. The minimum atomic E-state index is -0.0481. The Balaban J connectivity index is 2.40. The van der Waals surface area contributed by atoms with Gasteiger partial charge in [-0.25, -0.2) is 0 Å². The molecule has 0 aliphatic carbocycles. The molecular weight excluding hydrogens is 236 g/mol. The zero-order valence-corrected chi connectivity index (χ0v) is 12.0. The van der Waals surface area contributed by atoms with E-state index in [-0.39, 0.29) is 11.9 Å². The summed E-state index contributed by atoms with van der Waals surface area (Å²) in [4.78, 5) is 11.7. The minimum Gasteiger partial charge on any atom is -0.399 e. The van der Waals surface area contributed by atoms with Crippen molar-refractivity contribution in [3.05, 3.63) is 35.9 Å². The van der Waals surface area contributed by atoms with Crippen LogP contribution in [0.2, 0.25) is 0 Å². The molecule has 1 unspecified atom stereocenters. The fourth-order valence-corrected chi connectivity index (χ4v) is 1.73. The van der Waals surface area contributed by atoms with E-state index in [1.54, 1.807) is 12.2 Å². The van der Waals surface area contributed by atoms with Gasteiger partial charge in [0.2, 0.25) is 5.91 Å². The predicted molar refractivity (Wildman–Crippen MR) is 81.6 cm³/mol. The molecule has 1 aromatic rings. The summed E-state index contributed by atoms with van der Waals surface area (Å²) in [7, 11) is 0. The lowest BCUT2D eigenvalue weighted by Crippen LogP contribution is -2.31. The first-order valence-electron chi connectivity index (χ1n) is 6.81.